The minimum Gasteiger partial charge on any atom is -0.309 e. The van der Waals surface area contributed by atoms with Crippen molar-refractivity contribution in [1.82, 2.24) is 4.90 Å². The summed E-state index contributed by atoms with van der Waals surface area (Å²) < 4.78 is 0. The van der Waals surface area contributed by atoms with Gasteiger partial charge in [-0.3, -0.25) is 4.79 Å². The molecule has 0 N–H and O–H groups in total. The van der Waals surface area contributed by atoms with Gasteiger partial charge in [-0.05, 0) is 37.8 Å². The summed E-state index contributed by atoms with van der Waals surface area (Å²) >= 11 is 0. The minimum atomic E-state index is 0.302. The van der Waals surface area contributed by atoms with E-state index in [1.807, 2.05) is 0 Å². The summed E-state index contributed by atoms with van der Waals surface area (Å²) in [6, 6.07) is 0. The van der Waals surface area contributed by atoms with E-state index in [9.17, 15) is 4.79 Å². The standard InChI is InChI=1S/C13H23NO/c1-8-9-6-11(13(8,2)3)10(12(9)15)7-14(4)5/h8-11H,6-7H2,1-5H3/t8?,9?,10-,11?/m1/s1. The first-order chi connectivity index (χ1) is 6.85. The quantitative estimate of drug-likeness (QED) is 0.693. The highest BCUT2D eigenvalue weighted by atomic mass is 16.1. The second-order valence-electron chi connectivity index (χ2n) is 6.33. The van der Waals surface area contributed by atoms with Crippen LogP contribution in [0.5, 0.6) is 0 Å². The molecular formula is C13H23NO. The Balaban J connectivity index is 2.21. The number of carbonyl (C=O) groups excluding carboxylic acids is 1. The summed E-state index contributed by atoms with van der Waals surface area (Å²) in [6.45, 7) is 7.89. The molecule has 0 saturated heterocycles. The average Bonchev–Trinajstić information content (AvgIpc) is 2.52. The third kappa shape index (κ3) is 1.45. The van der Waals surface area contributed by atoms with Crippen molar-refractivity contribution in [3.63, 3.8) is 0 Å². The largest absolute Gasteiger partial charge is 0.309 e. The summed E-state index contributed by atoms with van der Waals surface area (Å²) in [5, 5.41) is 0. The van der Waals surface area contributed by atoms with Crippen LogP contribution in [0.4, 0.5) is 0 Å². The molecule has 2 heteroatoms. The molecule has 2 rings (SSSR count). The third-order valence-corrected chi connectivity index (χ3v) is 5.02. The summed E-state index contributed by atoms with van der Waals surface area (Å²) in [7, 11) is 4.13. The van der Waals surface area contributed by atoms with E-state index in [0.29, 0.717) is 34.9 Å². The highest BCUT2D eigenvalue weighted by Gasteiger charge is 2.59. The Morgan fingerprint density at radius 3 is 2.47 bits per heavy atom. The van der Waals surface area contributed by atoms with Gasteiger partial charge < -0.3 is 4.90 Å². The lowest BCUT2D eigenvalue weighted by Gasteiger charge is -2.40. The van der Waals surface area contributed by atoms with Crippen LogP contribution in [0.15, 0.2) is 0 Å². The molecule has 2 aliphatic rings. The van der Waals surface area contributed by atoms with Gasteiger partial charge in [-0.25, -0.2) is 0 Å². The zero-order chi connectivity index (χ0) is 11.4. The zero-order valence-electron chi connectivity index (χ0n) is 10.6. The second kappa shape index (κ2) is 3.31. The van der Waals surface area contributed by atoms with Crippen molar-refractivity contribution in [2.75, 3.05) is 20.6 Å². The predicted octanol–water partition coefficient (Wildman–Crippen LogP) is 2.05. The first-order valence-corrected chi connectivity index (χ1v) is 6.04. The molecule has 0 aromatic carbocycles. The highest BCUT2D eigenvalue weighted by molar-refractivity contribution is 5.87. The first-order valence-electron chi connectivity index (χ1n) is 6.04. The van der Waals surface area contributed by atoms with E-state index < -0.39 is 0 Å². The van der Waals surface area contributed by atoms with Crippen LogP contribution in [-0.4, -0.2) is 31.3 Å². The highest BCUT2D eigenvalue weighted by Crippen LogP contribution is 2.59. The van der Waals surface area contributed by atoms with Crippen LogP contribution >= 0.6 is 0 Å². The van der Waals surface area contributed by atoms with Gasteiger partial charge in [0, 0.05) is 18.4 Å². The Hall–Kier alpha value is -0.370. The SMILES string of the molecule is CC1C2CC([C@@H](CN(C)C)C2=O)C1(C)C. The van der Waals surface area contributed by atoms with E-state index in [1.54, 1.807) is 0 Å². The molecule has 0 aromatic rings. The van der Waals surface area contributed by atoms with Crippen molar-refractivity contribution >= 4 is 5.78 Å². The second-order valence-corrected chi connectivity index (χ2v) is 6.33. The molecule has 0 radical (unpaired) electrons. The molecule has 2 nitrogen and oxygen atoms in total. The minimum absolute atomic E-state index is 0.302. The molecule has 0 heterocycles. The Morgan fingerprint density at radius 2 is 2.00 bits per heavy atom. The molecule has 2 fully saturated rings. The summed E-state index contributed by atoms with van der Waals surface area (Å²) in [5.74, 6) is 2.40. The molecule has 0 aliphatic heterocycles. The van der Waals surface area contributed by atoms with Gasteiger partial charge in [0.2, 0.25) is 0 Å². The Morgan fingerprint density at radius 1 is 1.40 bits per heavy atom. The van der Waals surface area contributed by atoms with Crippen molar-refractivity contribution in [3.05, 3.63) is 0 Å². The fourth-order valence-electron chi connectivity index (χ4n) is 3.77. The van der Waals surface area contributed by atoms with Crippen molar-refractivity contribution in [1.29, 1.82) is 0 Å². The molecule has 3 unspecified atom stereocenters. The van der Waals surface area contributed by atoms with Crippen LogP contribution in [-0.2, 0) is 4.79 Å². The van der Waals surface area contributed by atoms with E-state index in [2.05, 4.69) is 39.8 Å². The van der Waals surface area contributed by atoms with Crippen LogP contribution in [0.1, 0.15) is 27.2 Å². The smallest absolute Gasteiger partial charge is 0.140 e. The first kappa shape index (κ1) is 11.1. The van der Waals surface area contributed by atoms with E-state index in [-0.39, 0.29) is 0 Å². The number of nitrogens with zero attached hydrogens (tertiary/aromatic N) is 1. The molecule has 0 aromatic heterocycles. The van der Waals surface area contributed by atoms with Crippen LogP contribution in [0.25, 0.3) is 0 Å². The molecular weight excluding hydrogens is 186 g/mol. The van der Waals surface area contributed by atoms with E-state index >= 15 is 0 Å². The molecule has 0 amide bonds. The predicted molar refractivity (Wildman–Crippen MR) is 61.6 cm³/mol. The Kier molecular flexibility index (Phi) is 2.45. The molecule has 15 heavy (non-hydrogen) atoms. The van der Waals surface area contributed by atoms with Gasteiger partial charge in [-0.15, -0.1) is 0 Å². The number of hydrogen-bond acceptors (Lipinski definition) is 2. The molecule has 0 spiro atoms. The van der Waals surface area contributed by atoms with Crippen LogP contribution in [0.3, 0.4) is 0 Å². The van der Waals surface area contributed by atoms with Gasteiger partial charge in [0.1, 0.15) is 5.78 Å². The number of hydrogen-bond donors (Lipinski definition) is 0. The maximum absolute atomic E-state index is 12.2. The lowest BCUT2D eigenvalue weighted by Crippen LogP contribution is -2.43. The summed E-state index contributed by atoms with van der Waals surface area (Å²) in [5.41, 5.74) is 0.360. The number of fused-ring (bicyclic) bond motifs is 2. The maximum atomic E-state index is 12.2. The van der Waals surface area contributed by atoms with E-state index in [0.717, 1.165) is 13.0 Å². The number of ketones is 1. The van der Waals surface area contributed by atoms with Gasteiger partial charge in [0.05, 0.1) is 0 Å². The lowest BCUT2D eigenvalue weighted by atomic mass is 9.65. The van der Waals surface area contributed by atoms with Gasteiger partial charge in [-0.1, -0.05) is 20.8 Å². The average molecular weight is 209 g/mol. The molecule has 2 aliphatic carbocycles. The fraction of sp³-hybridized carbons (Fsp3) is 0.923. The fourth-order valence-corrected chi connectivity index (χ4v) is 3.77. The molecule has 2 saturated carbocycles. The van der Waals surface area contributed by atoms with E-state index in [4.69, 9.17) is 0 Å². The topological polar surface area (TPSA) is 20.3 Å². The molecule has 2 bridgehead atoms. The number of rotatable bonds is 2. The lowest BCUT2D eigenvalue weighted by molar-refractivity contribution is -0.131. The molecule has 86 valence electrons. The normalized spacial score (nSPS) is 42.9. The third-order valence-electron chi connectivity index (χ3n) is 5.02. The van der Waals surface area contributed by atoms with Crippen LogP contribution in [0.2, 0.25) is 0 Å². The monoisotopic (exact) mass is 209 g/mol. The van der Waals surface area contributed by atoms with Crippen molar-refractivity contribution in [2.24, 2.45) is 29.1 Å². The van der Waals surface area contributed by atoms with Gasteiger partial charge in [0.15, 0.2) is 0 Å². The van der Waals surface area contributed by atoms with Crippen molar-refractivity contribution in [3.8, 4) is 0 Å². The number of carbonyl (C=O) groups is 1. The number of Topliss-reactive ketones (excluding diaryl/α,β-unsaturated/α-hetero) is 1. The van der Waals surface area contributed by atoms with Gasteiger partial charge in [-0.2, -0.15) is 0 Å². The molecule has 4 atom stereocenters. The van der Waals surface area contributed by atoms with E-state index in [1.165, 1.54) is 0 Å². The summed E-state index contributed by atoms with van der Waals surface area (Å²) in [4.78, 5) is 14.3. The van der Waals surface area contributed by atoms with Crippen LogP contribution in [0, 0.1) is 29.1 Å². The Labute approximate surface area is 93.0 Å². The zero-order valence-corrected chi connectivity index (χ0v) is 10.6. The van der Waals surface area contributed by atoms with Crippen molar-refractivity contribution < 1.29 is 4.79 Å². The van der Waals surface area contributed by atoms with Crippen molar-refractivity contribution in [2.45, 2.75) is 27.2 Å². The maximum Gasteiger partial charge on any atom is 0.140 e. The Bertz CT molecular complexity index is 282. The van der Waals surface area contributed by atoms with Crippen LogP contribution < -0.4 is 0 Å². The van der Waals surface area contributed by atoms with Gasteiger partial charge >= 0.3 is 0 Å². The van der Waals surface area contributed by atoms with Gasteiger partial charge in [0.25, 0.3) is 0 Å². The summed E-state index contributed by atoms with van der Waals surface area (Å²) in [6.07, 6.45) is 1.14.